The molecule has 5 nitrogen and oxygen atoms in total. The highest BCUT2D eigenvalue weighted by Crippen LogP contribution is 2.32. The fourth-order valence-corrected chi connectivity index (χ4v) is 1.04. The molecule has 0 aliphatic heterocycles. The van der Waals surface area contributed by atoms with Gasteiger partial charge in [0.1, 0.15) is 5.56 Å². The summed E-state index contributed by atoms with van der Waals surface area (Å²) in [7, 11) is 0. The lowest BCUT2D eigenvalue weighted by atomic mass is 10.1. The number of benzene rings is 1. The largest absolute Gasteiger partial charge is 0.477 e. The maximum atomic E-state index is 12.2. The molecule has 0 aromatic heterocycles. The molecule has 1 aromatic carbocycles. The van der Waals surface area contributed by atoms with Crippen molar-refractivity contribution in [2.24, 2.45) is 0 Å². The first kappa shape index (κ1) is 15.2. The van der Waals surface area contributed by atoms with Gasteiger partial charge in [0.15, 0.2) is 0 Å². The summed E-state index contributed by atoms with van der Waals surface area (Å²) in [6, 6.07) is 1.24. The molecule has 1 N–H and O–H groups in total. The summed E-state index contributed by atoms with van der Waals surface area (Å²) in [5, 5.41) is 18.9. The van der Waals surface area contributed by atoms with Gasteiger partial charge in [-0.25, -0.2) is 4.79 Å². The Morgan fingerprint density at radius 1 is 1.35 bits per heavy atom. The van der Waals surface area contributed by atoms with Crippen LogP contribution >= 0.6 is 12.4 Å². The van der Waals surface area contributed by atoms with Crippen molar-refractivity contribution in [2.75, 3.05) is 0 Å². The third-order valence-corrected chi connectivity index (χ3v) is 1.75. The summed E-state index contributed by atoms with van der Waals surface area (Å²) < 4.78 is 36.6. The van der Waals surface area contributed by atoms with Gasteiger partial charge in [0, 0.05) is 6.07 Å². The molecular formula is C8H5ClF3NO4. The number of nitro groups is 1. The van der Waals surface area contributed by atoms with Gasteiger partial charge in [0.05, 0.1) is 10.5 Å². The summed E-state index contributed by atoms with van der Waals surface area (Å²) in [5.41, 5.74) is -3.12. The van der Waals surface area contributed by atoms with Gasteiger partial charge in [-0.15, -0.1) is 12.4 Å². The lowest BCUT2D eigenvalue weighted by molar-refractivity contribution is -0.385. The molecule has 0 saturated carbocycles. The van der Waals surface area contributed by atoms with E-state index in [1.54, 1.807) is 0 Å². The van der Waals surface area contributed by atoms with Crippen LogP contribution in [0.2, 0.25) is 0 Å². The van der Waals surface area contributed by atoms with Crippen LogP contribution in [0.1, 0.15) is 15.9 Å². The van der Waals surface area contributed by atoms with Crippen LogP contribution in [-0.4, -0.2) is 16.0 Å². The average molecular weight is 272 g/mol. The number of rotatable bonds is 2. The lowest BCUT2D eigenvalue weighted by Gasteiger charge is -2.06. The van der Waals surface area contributed by atoms with Crippen molar-refractivity contribution in [2.45, 2.75) is 6.18 Å². The van der Waals surface area contributed by atoms with Gasteiger partial charge in [-0.05, 0) is 12.1 Å². The minimum absolute atomic E-state index is 0. The number of nitrogens with zero attached hydrogens (tertiary/aromatic N) is 1. The number of carboxylic acids is 1. The third kappa shape index (κ3) is 3.31. The fourth-order valence-electron chi connectivity index (χ4n) is 1.04. The number of alkyl halides is 3. The zero-order chi connectivity index (χ0) is 12.5. The second-order valence-electron chi connectivity index (χ2n) is 2.79. The quantitative estimate of drug-likeness (QED) is 0.662. The van der Waals surface area contributed by atoms with Gasteiger partial charge < -0.3 is 5.11 Å². The fraction of sp³-hybridized carbons (Fsp3) is 0.125. The van der Waals surface area contributed by atoms with E-state index in [1.165, 1.54) is 0 Å². The van der Waals surface area contributed by atoms with Crippen LogP contribution in [0, 0.1) is 10.1 Å². The van der Waals surface area contributed by atoms with Gasteiger partial charge in [0.2, 0.25) is 0 Å². The van der Waals surface area contributed by atoms with Crippen molar-refractivity contribution < 1.29 is 28.0 Å². The molecule has 1 aromatic rings. The van der Waals surface area contributed by atoms with Crippen LogP contribution < -0.4 is 0 Å². The van der Waals surface area contributed by atoms with Gasteiger partial charge in [0.25, 0.3) is 5.69 Å². The van der Waals surface area contributed by atoms with E-state index >= 15 is 0 Å². The topological polar surface area (TPSA) is 80.4 Å². The van der Waals surface area contributed by atoms with Crippen molar-refractivity contribution in [3.05, 3.63) is 39.4 Å². The number of carbonyl (C=O) groups is 1. The molecule has 0 spiro atoms. The standard InChI is InChI=1S/C8H4F3NO4.ClH/c9-8(10,11)4-1-2-5(7(13)14)6(3-4)12(15)16;/h1-3H,(H,13,14);1H. The number of carboxylic acid groups (broad SMARTS) is 1. The molecule has 0 aliphatic rings. The van der Waals surface area contributed by atoms with Gasteiger partial charge in [-0.2, -0.15) is 13.2 Å². The summed E-state index contributed by atoms with van der Waals surface area (Å²) in [5.74, 6) is -1.65. The molecule has 0 unspecified atom stereocenters. The van der Waals surface area contributed by atoms with Crippen molar-refractivity contribution in [1.29, 1.82) is 0 Å². The van der Waals surface area contributed by atoms with Crippen LogP contribution in [0.25, 0.3) is 0 Å². The Bertz CT molecular complexity index is 461. The molecule has 1 rings (SSSR count). The molecule has 0 saturated heterocycles. The molecule has 0 fully saturated rings. The summed E-state index contributed by atoms with van der Waals surface area (Å²) >= 11 is 0. The summed E-state index contributed by atoms with van der Waals surface area (Å²) in [6.45, 7) is 0. The number of aromatic carboxylic acids is 1. The Morgan fingerprint density at radius 3 is 2.24 bits per heavy atom. The van der Waals surface area contributed by atoms with E-state index in [4.69, 9.17) is 5.11 Å². The van der Waals surface area contributed by atoms with Crippen LogP contribution in [0.4, 0.5) is 18.9 Å². The zero-order valence-corrected chi connectivity index (χ0v) is 8.71. The molecule has 9 heteroatoms. The first-order valence-corrected chi connectivity index (χ1v) is 3.82. The van der Waals surface area contributed by atoms with Gasteiger partial charge in [-0.1, -0.05) is 0 Å². The molecule has 17 heavy (non-hydrogen) atoms. The van der Waals surface area contributed by atoms with E-state index in [0.717, 1.165) is 0 Å². The number of halogens is 4. The molecular weight excluding hydrogens is 267 g/mol. The molecule has 0 amide bonds. The predicted molar refractivity (Wildman–Crippen MR) is 52.3 cm³/mol. The maximum absolute atomic E-state index is 12.2. The summed E-state index contributed by atoms with van der Waals surface area (Å²) in [6.07, 6.45) is -4.75. The highest BCUT2D eigenvalue weighted by atomic mass is 35.5. The number of hydrogen-bond acceptors (Lipinski definition) is 3. The molecule has 0 atom stereocenters. The van der Waals surface area contributed by atoms with E-state index in [2.05, 4.69) is 0 Å². The predicted octanol–water partition coefficient (Wildman–Crippen LogP) is 2.73. The first-order valence-electron chi connectivity index (χ1n) is 3.82. The highest BCUT2D eigenvalue weighted by Gasteiger charge is 2.33. The van der Waals surface area contributed by atoms with Crippen molar-refractivity contribution in [3.8, 4) is 0 Å². The van der Waals surface area contributed by atoms with Gasteiger partial charge >= 0.3 is 12.1 Å². The molecule has 0 heterocycles. The third-order valence-electron chi connectivity index (χ3n) is 1.75. The minimum Gasteiger partial charge on any atom is -0.477 e. The van der Waals surface area contributed by atoms with Crippen LogP contribution in [0.3, 0.4) is 0 Å². The van der Waals surface area contributed by atoms with Crippen molar-refractivity contribution in [1.82, 2.24) is 0 Å². The zero-order valence-electron chi connectivity index (χ0n) is 7.89. The lowest BCUT2D eigenvalue weighted by Crippen LogP contribution is -2.08. The first-order chi connectivity index (χ1) is 7.23. The molecule has 0 radical (unpaired) electrons. The molecule has 0 bridgehead atoms. The maximum Gasteiger partial charge on any atom is 0.416 e. The Morgan fingerprint density at radius 2 is 1.88 bits per heavy atom. The van der Waals surface area contributed by atoms with Crippen molar-refractivity contribution >= 4 is 24.1 Å². The van der Waals surface area contributed by atoms with Crippen LogP contribution in [0.15, 0.2) is 18.2 Å². The van der Waals surface area contributed by atoms with Crippen molar-refractivity contribution in [3.63, 3.8) is 0 Å². The van der Waals surface area contributed by atoms with E-state index in [9.17, 15) is 28.1 Å². The van der Waals surface area contributed by atoms with E-state index in [-0.39, 0.29) is 18.5 Å². The number of hydrogen-bond donors (Lipinski definition) is 1. The SMILES string of the molecule is Cl.O=C(O)c1ccc(C(F)(F)F)cc1[N+](=O)[O-]. The average Bonchev–Trinajstić information content (AvgIpc) is 2.15. The van der Waals surface area contributed by atoms with Crippen LogP contribution in [-0.2, 0) is 6.18 Å². The summed E-state index contributed by atoms with van der Waals surface area (Å²) in [4.78, 5) is 19.7. The Hall–Kier alpha value is -1.83. The monoisotopic (exact) mass is 271 g/mol. The van der Waals surface area contributed by atoms with E-state index < -0.39 is 33.9 Å². The second-order valence-corrected chi connectivity index (χ2v) is 2.79. The van der Waals surface area contributed by atoms with Gasteiger partial charge in [-0.3, -0.25) is 10.1 Å². The second kappa shape index (κ2) is 5.00. The Kier molecular flexibility index (Phi) is 4.46. The molecule has 0 aliphatic carbocycles. The van der Waals surface area contributed by atoms with Crippen LogP contribution in [0.5, 0.6) is 0 Å². The highest BCUT2D eigenvalue weighted by molar-refractivity contribution is 5.92. The molecule has 94 valence electrons. The normalized spacial score (nSPS) is 10.5. The van der Waals surface area contributed by atoms with E-state index in [1.807, 2.05) is 0 Å². The minimum atomic E-state index is -4.75. The van der Waals surface area contributed by atoms with E-state index in [0.29, 0.717) is 12.1 Å². The Balaban J connectivity index is 0.00000256. The number of nitro benzene ring substituents is 1. The smallest absolute Gasteiger partial charge is 0.416 e. The Labute approximate surface area is 98.4 Å².